The lowest BCUT2D eigenvalue weighted by Crippen LogP contribution is -2.24. The van der Waals surface area contributed by atoms with Gasteiger partial charge in [-0.3, -0.25) is 0 Å². The normalized spacial score (nSPS) is 30.1. The average Bonchev–Trinajstić information content (AvgIpc) is 2.85. The van der Waals surface area contributed by atoms with E-state index in [0.29, 0.717) is 6.42 Å². The molecule has 1 atom stereocenters. The predicted octanol–water partition coefficient (Wildman–Crippen LogP) is 9.56. The fourth-order valence-corrected chi connectivity index (χ4v) is 6.92. The zero-order chi connectivity index (χ0) is 23.7. The summed E-state index contributed by atoms with van der Waals surface area (Å²) in [4.78, 5) is 0. The monoisotopic (exact) mass is 466 g/mol. The van der Waals surface area contributed by atoms with Crippen LogP contribution in [-0.2, 0) is 0 Å². The molecular weight excluding hydrogens is 429 g/mol. The third kappa shape index (κ3) is 5.14. The molecule has 182 valence electrons. The summed E-state index contributed by atoms with van der Waals surface area (Å²) < 4.78 is 43.6. The van der Waals surface area contributed by atoms with Gasteiger partial charge in [0.1, 0.15) is 17.5 Å². The van der Waals surface area contributed by atoms with Gasteiger partial charge in [-0.1, -0.05) is 38.0 Å². The second-order valence-corrected chi connectivity index (χ2v) is 11.2. The molecule has 0 spiro atoms. The first kappa shape index (κ1) is 23.7. The molecule has 0 aromatic heterocycles. The minimum absolute atomic E-state index is 0.159. The van der Waals surface area contributed by atoms with Crippen molar-refractivity contribution in [1.82, 2.24) is 0 Å². The molecule has 3 aliphatic rings. The van der Waals surface area contributed by atoms with Crippen LogP contribution >= 0.6 is 0 Å². The molecule has 34 heavy (non-hydrogen) atoms. The Morgan fingerprint density at radius 3 is 1.79 bits per heavy atom. The molecule has 2 fully saturated rings. The number of benzene rings is 2. The van der Waals surface area contributed by atoms with Gasteiger partial charge in [-0.25, -0.2) is 13.2 Å². The molecule has 0 saturated heterocycles. The summed E-state index contributed by atoms with van der Waals surface area (Å²) in [6, 6.07) is 9.82. The van der Waals surface area contributed by atoms with E-state index in [1.165, 1.54) is 50.7 Å². The van der Waals surface area contributed by atoms with Crippen LogP contribution in [0.25, 0.3) is 5.57 Å². The van der Waals surface area contributed by atoms with Crippen LogP contribution in [0.5, 0.6) is 0 Å². The van der Waals surface area contributed by atoms with Crippen molar-refractivity contribution in [3.05, 3.63) is 76.6 Å². The number of halogens is 3. The molecular formula is C31H37F3. The third-order valence-electron chi connectivity index (χ3n) is 9.11. The fraction of sp³-hybridized carbons (Fsp3) is 0.548. The summed E-state index contributed by atoms with van der Waals surface area (Å²) in [5.41, 5.74) is 2.86. The summed E-state index contributed by atoms with van der Waals surface area (Å²) in [6.45, 7) is 2.37. The smallest absolute Gasteiger partial charge is 0.133 e. The van der Waals surface area contributed by atoms with Crippen LogP contribution in [0, 0.1) is 35.2 Å². The number of allylic oxidation sites excluding steroid dienone is 2. The minimum atomic E-state index is -0.412. The SMILES string of the molecule is CC1CCC(C2CCC(c3cc(F)c(C4=CCC(c5ccc(F)cc5)CC4)c(F)c3)CC2)CC1. The van der Waals surface area contributed by atoms with Crippen LogP contribution < -0.4 is 0 Å². The van der Waals surface area contributed by atoms with Crippen molar-refractivity contribution in [2.24, 2.45) is 17.8 Å². The molecule has 2 aromatic rings. The van der Waals surface area contributed by atoms with E-state index < -0.39 is 11.6 Å². The molecule has 0 aliphatic heterocycles. The quantitative estimate of drug-likeness (QED) is 0.421. The van der Waals surface area contributed by atoms with Gasteiger partial charge in [0, 0.05) is 5.56 Å². The lowest BCUT2D eigenvalue weighted by molar-refractivity contribution is 0.165. The second-order valence-electron chi connectivity index (χ2n) is 11.2. The summed E-state index contributed by atoms with van der Waals surface area (Å²) in [6.07, 6.45) is 14.1. The lowest BCUT2D eigenvalue weighted by Gasteiger charge is -2.37. The molecule has 0 bridgehead atoms. The van der Waals surface area contributed by atoms with Crippen molar-refractivity contribution in [1.29, 1.82) is 0 Å². The van der Waals surface area contributed by atoms with Gasteiger partial charge in [0.15, 0.2) is 0 Å². The Morgan fingerprint density at radius 2 is 1.24 bits per heavy atom. The Morgan fingerprint density at radius 1 is 0.647 bits per heavy atom. The molecule has 5 rings (SSSR count). The van der Waals surface area contributed by atoms with Crippen molar-refractivity contribution >= 4 is 5.57 Å². The van der Waals surface area contributed by atoms with Gasteiger partial charge in [-0.05, 0) is 128 Å². The van der Waals surface area contributed by atoms with Crippen molar-refractivity contribution in [3.8, 4) is 0 Å². The molecule has 0 N–H and O–H groups in total. The first-order chi connectivity index (χ1) is 16.5. The minimum Gasteiger partial charge on any atom is -0.207 e. The maximum absolute atomic E-state index is 15.2. The Labute approximate surface area is 202 Å². The maximum atomic E-state index is 15.2. The third-order valence-corrected chi connectivity index (χ3v) is 9.11. The second kappa shape index (κ2) is 10.3. The van der Waals surface area contributed by atoms with Gasteiger partial charge >= 0.3 is 0 Å². The van der Waals surface area contributed by atoms with E-state index >= 15 is 8.78 Å². The Kier molecular flexibility index (Phi) is 7.18. The van der Waals surface area contributed by atoms with Crippen LogP contribution in [0.2, 0.25) is 0 Å². The Bertz CT molecular complexity index is 982. The van der Waals surface area contributed by atoms with Crippen LogP contribution in [0.15, 0.2) is 42.5 Å². The van der Waals surface area contributed by atoms with Gasteiger partial charge in [0.05, 0.1) is 0 Å². The number of rotatable bonds is 4. The predicted molar refractivity (Wildman–Crippen MR) is 133 cm³/mol. The number of hydrogen-bond acceptors (Lipinski definition) is 0. The van der Waals surface area contributed by atoms with Gasteiger partial charge < -0.3 is 0 Å². The van der Waals surface area contributed by atoms with Crippen LogP contribution in [0.3, 0.4) is 0 Å². The highest BCUT2D eigenvalue weighted by molar-refractivity contribution is 5.68. The van der Waals surface area contributed by atoms with Crippen molar-refractivity contribution in [3.63, 3.8) is 0 Å². The number of hydrogen-bond donors (Lipinski definition) is 0. The van der Waals surface area contributed by atoms with E-state index in [9.17, 15) is 4.39 Å². The van der Waals surface area contributed by atoms with Crippen molar-refractivity contribution < 1.29 is 13.2 Å². The summed E-state index contributed by atoms with van der Waals surface area (Å²) in [5, 5.41) is 0. The highest BCUT2D eigenvalue weighted by Crippen LogP contribution is 2.45. The van der Waals surface area contributed by atoms with E-state index in [4.69, 9.17) is 0 Å². The maximum Gasteiger partial charge on any atom is 0.133 e. The van der Waals surface area contributed by atoms with Gasteiger partial charge in [0.2, 0.25) is 0 Å². The van der Waals surface area contributed by atoms with Crippen LogP contribution in [0.4, 0.5) is 13.2 Å². The standard InChI is InChI=1S/C31H37F3/c1-20-2-4-21(5-3-20)22-6-8-25(9-7-22)27-18-29(33)31(30(34)19-27)26-12-10-23(11-13-26)24-14-16-28(32)17-15-24/h12,14-23,25H,2-11,13H2,1H3. The summed E-state index contributed by atoms with van der Waals surface area (Å²) in [7, 11) is 0. The molecule has 0 amide bonds. The Balaban J connectivity index is 1.23. The molecule has 0 heterocycles. The zero-order valence-electron chi connectivity index (χ0n) is 20.3. The summed E-state index contributed by atoms with van der Waals surface area (Å²) >= 11 is 0. The van der Waals surface area contributed by atoms with E-state index in [1.54, 1.807) is 12.1 Å². The zero-order valence-corrected chi connectivity index (χ0v) is 20.3. The van der Waals surface area contributed by atoms with E-state index in [-0.39, 0.29) is 23.2 Å². The molecule has 2 aromatic carbocycles. The first-order valence-corrected chi connectivity index (χ1v) is 13.4. The van der Waals surface area contributed by atoms with E-state index in [1.807, 2.05) is 18.2 Å². The molecule has 3 heteroatoms. The highest BCUT2D eigenvalue weighted by Gasteiger charge is 2.31. The topological polar surface area (TPSA) is 0 Å². The lowest BCUT2D eigenvalue weighted by atomic mass is 9.68. The van der Waals surface area contributed by atoms with Crippen LogP contribution in [-0.4, -0.2) is 0 Å². The average molecular weight is 467 g/mol. The fourth-order valence-electron chi connectivity index (χ4n) is 6.92. The van der Waals surface area contributed by atoms with Crippen molar-refractivity contribution in [2.75, 3.05) is 0 Å². The highest BCUT2D eigenvalue weighted by atomic mass is 19.1. The molecule has 2 saturated carbocycles. The van der Waals surface area contributed by atoms with Gasteiger partial charge in [-0.15, -0.1) is 0 Å². The first-order valence-electron chi connectivity index (χ1n) is 13.4. The van der Waals surface area contributed by atoms with E-state index in [0.717, 1.165) is 60.1 Å². The Hall–Kier alpha value is -2.03. The van der Waals surface area contributed by atoms with Gasteiger partial charge in [0.25, 0.3) is 0 Å². The molecule has 1 unspecified atom stereocenters. The van der Waals surface area contributed by atoms with E-state index in [2.05, 4.69) is 6.92 Å². The van der Waals surface area contributed by atoms with Gasteiger partial charge in [-0.2, -0.15) is 0 Å². The molecule has 0 radical (unpaired) electrons. The summed E-state index contributed by atoms with van der Waals surface area (Å²) in [5.74, 6) is 2.04. The van der Waals surface area contributed by atoms with Crippen molar-refractivity contribution in [2.45, 2.75) is 89.4 Å². The van der Waals surface area contributed by atoms with Crippen LogP contribution in [0.1, 0.15) is 106 Å². The molecule has 0 nitrogen and oxygen atoms in total. The largest absolute Gasteiger partial charge is 0.207 e. The molecule has 3 aliphatic carbocycles.